The Kier molecular flexibility index (Phi) is 6.47. The smallest absolute Gasteiger partial charge is 0.404 e. The van der Waals surface area contributed by atoms with Gasteiger partial charge in [-0.3, -0.25) is 4.79 Å². The second kappa shape index (κ2) is 9.04. The number of nitrogens with two attached hydrogens (primary N) is 1. The summed E-state index contributed by atoms with van der Waals surface area (Å²) < 4.78 is 39.4. The number of carbonyl (C=O) groups excluding carboxylic acids is 2. The Morgan fingerprint density at radius 3 is 2.53 bits per heavy atom. The van der Waals surface area contributed by atoms with Crippen LogP contribution < -0.4 is 10.5 Å². The largest absolute Gasteiger partial charge is 0.478 e. The number of primary amides is 1. The first-order valence-corrected chi connectivity index (χ1v) is 9.36. The predicted octanol–water partition coefficient (Wildman–Crippen LogP) is 4.43. The molecular weight excluding hydrogens is 418 g/mol. The molecule has 0 aliphatic heterocycles. The average Bonchev–Trinajstić information content (AvgIpc) is 2.69. The van der Waals surface area contributed by atoms with Crippen molar-refractivity contribution < 1.29 is 27.8 Å². The van der Waals surface area contributed by atoms with E-state index in [1.165, 1.54) is 12.3 Å². The van der Waals surface area contributed by atoms with Crippen molar-refractivity contribution in [3.8, 4) is 5.88 Å². The molecule has 0 fully saturated rings. The van der Waals surface area contributed by atoms with Crippen molar-refractivity contribution in [2.75, 3.05) is 13.2 Å². The molecular formula is C21H17ClF2N2O4. The Labute approximate surface area is 175 Å². The third-order valence-electron chi connectivity index (χ3n) is 4.32. The van der Waals surface area contributed by atoms with Crippen LogP contribution in [-0.2, 0) is 11.2 Å². The Bertz CT molecular complexity index is 1110. The molecule has 3 rings (SSSR count). The molecule has 2 aromatic carbocycles. The summed E-state index contributed by atoms with van der Waals surface area (Å²) in [7, 11) is 0. The summed E-state index contributed by atoms with van der Waals surface area (Å²) in [6.07, 6.45) is 0.367. The lowest BCUT2D eigenvalue weighted by Crippen LogP contribution is -2.15. The zero-order valence-corrected chi connectivity index (χ0v) is 16.6. The number of hydrogen-bond donors (Lipinski definition) is 1. The fourth-order valence-electron chi connectivity index (χ4n) is 3.07. The highest BCUT2D eigenvalue weighted by Gasteiger charge is 2.24. The van der Waals surface area contributed by atoms with Crippen molar-refractivity contribution >= 4 is 34.2 Å². The molecule has 2 N–H and O–H groups in total. The van der Waals surface area contributed by atoms with Crippen LogP contribution in [0.2, 0.25) is 5.02 Å². The first-order valence-electron chi connectivity index (χ1n) is 8.98. The van der Waals surface area contributed by atoms with Crippen molar-refractivity contribution in [3.63, 3.8) is 0 Å². The minimum atomic E-state index is -1.04. The number of aromatic nitrogens is 1. The maximum Gasteiger partial charge on any atom is 0.404 e. The van der Waals surface area contributed by atoms with Crippen LogP contribution in [0.3, 0.4) is 0 Å². The van der Waals surface area contributed by atoms with Gasteiger partial charge >= 0.3 is 6.09 Å². The zero-order valence-electron chi connectivity index (χ0n) is 15.9. The number of pyridine rings is 1. The lowest BCUT2D eigenvalue weighted by Gasteiger charge is -2.12. The summed E-state index contributed by atoms with van der Waals surface area (Å²) in [5, 5.41) is 0.898. The molecule has 0 unspecified atom stereocenters. The molecule has 1 amide bonds. The minimum Gasteiger partial charge on any atom is -0.478 e. The summed E-state index contributed by atoms with van der Waals surface area (Å²) in [5.74, 6) is -2.69. The van der Waals surface area contributed by atoms with E-state index in [-0.39, 0.29) is 35.1 Å². The van der Waals surface area contributed by atoms with Crippen LogP contribution in [0.15, 0.2) is 36.5 Å². The van der Waals surface area contributed by atoms with Gasteiger partial charge in [0.15, 0.2) is 5.78 Å². The van der Waals surface area contributed by atoms with Crippen LogP contribution in [0, 0.1) is 11.6 Å². The summed E-state index contributed by atoms with van der Waals surface area (Å²) in [6.45, 7) is 1.97. The predicted molar refractivity (Wildman–Crippen MR) is 107 cm³/mol. The van der Waals surface area contributed by atoms with Gasteiger partial charge in [-0.25, -0.2) is 18.6 Å². The van der Waals surface area contributed by atoms with E-state index in [4.69, 9.17) is 22.1 Å². The normalized spacial score (nSPS) is 10.8. The highest BCUT2D eigenvalue weighted by atomic mass is 35.5. The third kappa shape index (κ3) is 4.33. The first kappa shape index (κ1) is 21.4. The molecule has 6 nitrogen and oxygen atoms in total. The summed E-state index contributed by atoms with van der Waals surface area (Å²) in [4.78, 5) is 27.8. The van der Waals surface area contributed by atoms with E-state index in [1.54, 1.807) is 19.1 Å². The minimum absolute atomic E-state index is 0.0171. The van der Waals surface area contributed by atoms with Crippen molar-refractivity contribution in [3.05, 3.63) is 69.9 Å². The van der Waals surface area contributed by atoms with E-state index in [1.807, 2.05) is 0 Å². The van der Waals surface area contributed by atoms with Gasteiger partial charge in [0.2, 0.25) is 5.88 Å². The number of ether oxygens (including phenoxy) is 2. The van der Waals surface area contributed by atoms with Crippen molar-refractivity contribution in [1.82, 2.24) is 4.98 Å². The van der Waals surface area contributed by atoms with E-state index >= 15 is 0 Å². The van der Waals surface area contributed by atoms with Gasteiger partial charge in [0.1, 0.15) is 11.6 Å². The van der Waals surface area contributed by atoms with Gasteiger partial charge in [0, 0.05) is 22.8 Å². The Morgan fingerprint density at radius 1 is 1.20 bits per heavy atom. The topological polar surface area (TPSA) is 91.5 Å². The molecule has 0 radical (unpaired) electrons. The SMILES string of the molecule is CCOc1ncc(Cl)c2c(C(=O)c3c(F)cc(CCOC(N)=O)cc3F)cccc12. The monoisotopic (exact) mass is 434 g/mol. The molecule has 156 valence electrons. The molecule has 0 saturated heterocycles. The van der Waals surface area contributed by atoms with E-state index in [0.717, 1.165) is 12.1 Å². The van der Waals surface area contributed by atoms with Gasteiger partial charge < -0.3 is 15.2 Å². The van der Waals surface area contributed by atoms with Gasteiger partial charge in [0.25, 0.3) is 0 Å². The van der Waals surface area contributed by atoms with Crippen LogP contribution in [0.25, 0.3) is 10.8 Å². The highest BCUT2D eigenvalue weighted by molar-refractivity contribution is 6.37. The van der Waals surface area contributed by atoms with E-state index in [0.29, 0.717) is 17.4 Å². The van der Waals surface area contributed by atoms with Crippen LogP contribution in [0.5, 0.6) is 5.88 Å². The lowest BCUT2D eigenvalue weighted by molar-refractivity contribution is 0.103. The molecule has 0 atom stereocenters. The number of benzene rings is 2. The number of halogens is 3. The van der Waals surface area contributed by atoms with Gasteiger partial charge in [-0.15, -0.1) is 0 Å². The molecule has 0 aliphatic carbocycles. The molecule has 0 bridgehead atoms. The fourth-order valence-corrected chi connectivity index (χ4v) is 3.32. The maximum absolute atomic E-state index is 14.7. The Balaban J connectivity index is 2.04. The molecule has 9 heteroatoms. The van der Waals surface area contributed by atoms with Crippen LogP contribution >= 0.6 is 11.6 Å². The highest BCUT2D eigenvalue weighted by Crippen LogP contribution is 2.34. The maximum atomic E-state index is 14.7. The van der Waals surface area contributed by atoms with E-state index < -0.39 is 29.1 Å². The van der Waals surface area contributed by atoms with Gasteiger partial charge in [-0.1, -0.05) is 23.7 Å². The number of fused-ring (bicyclic) bond motifs is 1. The fraction of sp³-hybridized carbons (Fsp3) is 0.190. The van der Waals surface area contributed by atoms with Crippen molar-refractivity contribution in [2.24, 2.45) is 5.73 Å². The standard InChI is InChI=1S/C21H17ClF2N2O4/c1-2-29-20-13-5-3-4-12(17(13)14(22)10-26-20)19(27)18-15(23)8-11(9-16(18)24)6-7-30-21(25)28/h3-5,8-10H,2,6-7H2,1H3,(H2,25,28). The second-order valence-electron chi connectivity index (χ2n) is 6.25. The summed E-state index contributed by atoms with van der Waals surface area (Å²) in [6, 6.07) is 6.67. The quantitative estimate of drug-likeness (QED) is 0.555. The van der Waals surface area contributed by atoms with Crippen LogP contribution in [-0.4, -0.2) is 30.1 Å². The first-order chi connectivity index (χ1) is 14.3. The van der Waals surface area contributed by atoms with Crippen LogP contribution in [0.1, 0.15) is 28.4 Å². The van der Waals surface area contributed by atoms with Gasteiger partial charge in [0.05, 0.1) is 30.0 Å². The molecule has 0 aliphatic rings. The molecule has 3 aromatic rings. The number of ketones is 1. The average molecular weight is 435 g/mol. The number of amides is 1. The van der Waals surface area contributed by atoms with Crippen molar-refractivity contribution in [1.29, 1.82) is 0 Å². The Morgan fingerprint density at radius 2 is 1.90 bits per heavy atom. The Hall–Kier alpha value is -3.26. The number of rotatable bonds is 7. The third-order valence-corrected chi connectivity index (χ3v) is 4.61. The molecule has 1 heterocycles. The molecule has 0 saturated carbocycles. The lowest BCUT2D eigenvalue weighted by atomic mass is 9.96. The van der Waals surface area contributed by atoms with E-state index in [2.05, 4.69) is 9.72 Å². The van der Waals surface area contributed by atoms with E-state index in [9.17, 15) is 18.4 Å². The summed E-state index contributed by atoms with van der Waals surface area (Å²) >= 11 is 6.24. The molecule has 1 aromatic heterocycles. The number of hydrogen-bond acceptors (Lipinski definition) is 5. The number of carbonyl (C=O) groups is 2. The molecule has 30 heavy (non-hydrogen) atoms. The van der Waals surface area contributed by atoms with Gasteiger partial charge in [-0.05, 0) is 30.7 Å². The summed E-state index contributed by atoms with van der Waals surface area (Å²) in [5.41, 5.74) is 4.37. The number of nitrogens with zero attached hydrogens (tertiary/aromatic N) is 1. The van der Waals surface area contributed by atoms with Crippen LogP contribution in [0.4, 0.5) is 13.6 Å². The molecule has 0 spiro atoms. The van der Waals surface area contributed by atoms with Crippen molar-refractivity contribution in [2.45, 2.75) is 13.3 Å². The zero-order chi connectivity index (χ0) is 21.8. The second-order valence-corrected chi connectivity index (χ2v) is 6.66. The van der Waals surface area contributed by atoms with Gasteiger partial charge in [-0.2, -0.15) is 0 Å².